The van der Waals surface area contributed by atoms with Crippen LogP contribution in [0.4, 0.5) is 5.69 Å². The molecule has 0 saturated heterocycles. The van der Waals surface area contributed by atoms with Gasteiger partial charge in [-0.25, -0.2) is 4.79 Å². The van der Waals surface area contributed by atoms with Crippen LogP contribution >= 0.6 is 15.9 Å². The summed E-state index contributed by atoms with van der Waals surface area (Å²) in [5, 5.41) is 14.3. The number of carboxylic acids is 1. The van der Waals surface area contributed by atoms with E-state index in [2.05, 4.69) is 26.6 Å². The van der Waals surface area contributed by atoms with Gasteiger partial charge in [0.05, 0.1) is 11.3 Å². The standard InChI is InChI=1S/C17H15BrN2O2.C17H15NO5/c1-11-2-4-12(5-3-11)10-15(16(19)21)20-17(22)13-6-8-14(18)9-7-13;1-10-3-8-15(14(9-10)17(21)22)18-16(20)12-4-6-13(7-5-12)23-11(2)19/h2-10H,1H3,(H2,19,21)(H,20,22);3-9H,1-2H3,(H,18,20)(H,21,22)/b15-10+;. The second kappa shape index (κ2) is 15.8. The molecule has 0 bridgehead atoms. The minimum Gasteiger partial charge on any atom is -0.478 e. The number of carboxylic acid groups (broad SMARTS) is 1. The van der Waals surface area contributed by atoms with E-state index in [1.807, 2.05) is 31.2 Å². The number of rotatable bonds is 8. The highest BCUT2D eigenvalue weighted by atomic mass is 79.9. The smallest absolute Gasteiger partial charge is 0.337 e. The monoisotopic (exact) mass is 671 g/mol. The number of hydrogen-bond donors (Lipinski definition) is 4. The number of aryl methyl sites for hydroxylation is 2. The third-order valence-corrected chi connectivity index (χ3v) is 6.57. The van der Waals surface area contributed by atoms with Crippen molar-refractivity contribution in [3.63, 3.8) is 0 Å². The Hall–Kier alpha value is -5.55. The number of hydrogen-bond acceptors (Lipinski definition) is 6. The second-order valence-corrected chi connectivity index (χ2v) is 10.6. The van der Waals surface area contributed by atoms with Gasteiger partial charge < -0.3 is 26.2 Å². The van der Waals surface area contributed by atoms with E-state index < -0.39 is 23.8 Å². The predicted molar refractivity (Wildman–Crippen MR) is 174 cm³/mol. The van der Waals surface area contributed by atoms with Crippen molar-refractivity contribution in [3.05, 3.63) is 135 Å². The molecule has 45 heavy (non-hydrogen) atoms. The van der Waals surface area contributed by atoms with Crippen LogP contribution in [0.3, 0.4) is 0 Å². The Bertz CT molecular complexity index is 1750. The molecule has 0 atom stereocenters. The van der Waals surface area contributed by atoms with E-state index in [-0.39, 0.29) is 22.9 Å². The summed E-state index contributed by atoms with van der Waals surface area (Å²) in [5.74, 6) is -2.76. The zero-order chi connectivity index (χ0) is 33.1. The van der Waals surface area contributed by atoms with Gasteiger partial charge in [0, 0.05) is 22.5 Å². The van der Waals surface area contributed by atoms with E-state index in [0.717, 1.165) is 21.2 Å². The lowest BCUT2D eigenvalue weighted by molar-refractivity contribution is -0.131. The fraction of sp³-hybridized carbons (Fsp3) is 0.0882. The third-order valence-electron chi connectivity index (χ3n) is 6.04. The second-order valence-electron chi connectivity index (χ2n) is 9.72. The van der Waals surface area contributed by atoms with E-state index in [1.54, 1.807) is 49.4 Å². The molecule has 0 heterocycles. The first-order chi connectivity index (χ1) is 21.3. The molecule has 0 unspecified atom stereocenters. The summed E-state index contributed by atoms with van der Waals surface area (Å²) in [5.41, 5.74) is 9.07. The Morgan fingerprint density at radius 1 is 0.778 bits per heavy atom. The molecule has 10 nitrogen and oxygen atoms in total. The number of nitrogens with two attached hydrogens (primary N) is 1. The lowest BCUT2D eigenvalue weighted by Crippen LogP contribution is -2.31. The van der Waals surface area contributed by atoms with Crippen LogP contribution in [-0.2, 0) is 9.59 Å². The maximum Gasteiger partial charge on any atom is 0.337 e. The van der Waals surface area contributed by atoms with Crippen LogP contribution in [0.1, 0.15) is 54.7 Å². The van der Waals surface area contributed by atoms with Crippen molar-refractivity contribution in [3.8, 4) is 5.75 Å². The number of primary amides is 1. The summed E-state index contributed by atoms with van der Waals surface area (Å²) < 4.78 is 5.75. The summed E-state index contributed by atoms with van der Waals surface area (Å²) in [6, 6.07) is 25.1. The number of esters is 1. The number of anilines is 1. The van der Waals surface area contributed by atoms with E-state index in [0.29, 0.717) is 16.9 Å². The van der Waals surface area contributed by atoms with Crippen LogP contribution in [0.15, 0.2) is 101 Å². The van der Waals surface area contributed by atoms with Crippen molar-refractivity contribution in [2.24, 2.45) is 5.73 Å². The quantitative estimate of drug-likeness (QED) is 0.103. The van der Waals surface area contributed by atoms with Crippen LogP contribution in [0.2, 0.25) is 0 Å². The summed E-state index contributed by atoms with van der Waals surface area (Å²) in [4.78, 5) is 57.9. The molecule has 3 amide bonds. The summed E-state index contributed by atoms with van der Waals surface area (Å²) in [7, 11) is 0. The molecule has 4 aromatic rings. The third kappa shape index (κ3) is 10.6. The molecule has 0 aliphatic carbocycles. The highest BCUT2D eigenvalue weighted by molar-refractivity contribution is 9.10. The Morgan fingerprint density at radius 2 is 1.33 bits per heavy atom. The summed E-state index contributed by atoms with van der Waals surface area (Å²) in [6.45, 7) is 5.02. The van der Waals surface area contributed by atoms with Crippen LogP contribution in [0.5, 0.6) is 5.75 Å². The van der Waals surface area contributed by atoms with Crippen molar-refractivity contribution >= 4 is 57.4 Å². The van der Waals surface area contributed by atoms with Crippen molar-refractivity contribution in [2.45, 2.75) is 20.8 Å². The maximum atomic E-state index is 12.2. The molecular formula is C34H30BrN3O7. The number of nitrogens with one attached hydrogen (secondary N) is 2. The predicted octanol–water partition coefficient (Wildman–Crippen LogP) is 5.88. The van der Waals surface area contributed by atoms with E-state index in [4.69, 9.17) is 10.5 Å². The minimum absolute atomic E-state index is 0.0230. The van der Waals surface area contributed by atoms with Gasteiger partial charge in [-0.05, 0) is 86.2 Å². The van der Waals surface area contributed by atoms with Crippen molar-refractivity contribution in [2.75, 3.05) is 5.32 Å². The fourth-order valence-corrected chi connectivity index (χ4v) is 4.04. The zero-order valence-electron chi connectivity index (χ0n) is 24.6. The normalized spacial score (nSPS) is 10.5. The highest BCUT2D eigenvalue weighted by Gasteiger charge is 2.14. The molecule has 230 valence electrons. The van der Waals surface area contributed by atoms with Gasteiger partial charge >= 0.3 is 11.9 Å². The average molecular weight is 673 g/mol. The Kier molecular flexibility index (Phi) is 11.9. The van der Waals surface area contributed by atoms with Crippen molar-refractivity contribution in [1.29, 1.82) is 0 Å². The van der Waals surface area contributed by atoms with Gasteiger partial charge in [-0.3, -0.25) is 19.2 Å². The number of ether oxygens (including phenoxy) is 1. The molecule has 0 aliphatic heterocycles. The number of carbonyl (C=O) groups is 5. The topological polar surface area (TPSA) is 165 Å². The van der Waals surface area contributed by atoms with E-state index in [1.165, 1.54) is 37.3 Å². The van der Waals surface area contributed by atoms with Crippen molar-refractivity contribution < 1.29 is 33.8 Å². The van der Waals surface area contributed by atoms with Crippen LogP contribution in [-0.4, -0.2) is 34.8 Å². The van der Waals surface area contributed by atoms with Gasteiger partial charge in [0.2, 0.25) is 0 Å². The van der Waals surface area contributed by atoms with Crippen molar-refractivity contribution in [1.82, 2.24) is 5.32 Å². The molecular weight excluding hydrogens is 642 g/mol. The fourth-order valence-electron chi connectivity index (χ4n) is 3.77. The average Bonchev–Trinajstić information content (AvgIpc) is 2.99. The number of aromatic carboxylic acids is 1. The molecule has 11 heteroatoms. The largest absolute Gasteiger partial charge is 0.478 e. The van der Waals surface area contributed by atoms with Crippen LogP contribution in [0, 0.1) is 13.8 Å². The Labute approximate surface area is 268 Å². The molecule has 0 aliphatic rings. The van der Waals surface area contributed by atoms with E-state index >= 15 is 0 Å². The molecule has 0 saturated carbocycles. The number of carbonyl (C=O) groups excluding carboxylic acids is 4. The first-order valence-corrected chi connectivity index (χ1v) is 14.2. The van der Waals surface area contributed by atoms with Gasteiger partial charge in [0.1, 0.15) is 11.4 Å². The molecule has 0 radical (unpaired) electrons. The van der Waals surface area contributed by atoms with E-state index in [9.17, 15) is 29.1 Å². The lowest BCUT2D eigenvalue weighted by atomic mass is 10.1. The summed E-state index contributed by atoms with van der Waals surface area (Å²) >= 11 is 3.30. The molecule has 4 aromatic carbocycles. The zero-order valence-corrected chi connectivity index (χ0v) is 26.2. The lowest BCUT2D eigenvalue weighted by Gasteiger charge is -2.10. The van der Waals surface area contributed by atoms with Crippen LogP contribution in [0.25, 0.3) is 6.08 Å². The van der Waals surface area contributed by atoms with Gasteiger partial charge in [-0.2, -0.15) is 0 Å². The van der Waals surface area contributed by atoms with Gasteiger partial charge in [0.15, 0.2) is 0 Å². The summed E-state index contributed by atoms with van der Waals surface area (Å²) in [6.07, 6.45) is 1.55. The molecule has 0 fully saturated rings. The minimum atomic E-state index is -1.12. The van der Waals surface area contributed by atoms with Gasteiger partial charge in [-0.1, -0.05) is 57.4 Å². The number of benzene rings is 4. The number of amides is 3. The SMILES string of the molecule is CC(=O)Oc1ccc(C(=O)Nc2ccc(C)cc2C(=O)O)cc1.Cc1ccc(/C=C(/NC(=O)c2ccc(Br)cc2)C(N)=O)cc1. The first kappa shape index (κ1) is 33.9. The maximum absolute atomic E-state index is 12.2. The van der Waals surface area contributed by atoms with Crippen LogP contribution < -0.4 is 21.1 Å². The molecule has 5 N–H and O–H groups in total. The molecule has 0 spiro atoms. The first-order valence-electron chi connectivity index (χ1n) is 13.4. The van der Waals surface area contributed by atoms with Gasteiger partial charge in [-0.15, -0.1) is 0 Å². The Balaban J connectivity index is 0.000000246. The Morgan fingerprint density at radius 3 is 1.89 bits per heavy atom. The highest BCUT2D eigenvalue weighted by Crippen LogP contribution is 2.20. The number of halogens is 1. The van der Waals surface area contributed by atoms with Gasteiger partial charge in [0.25, 0.3) is 17.7 Å². The molecule has 0 aromatic heterocycles. The molecule has 4 rings (SSSR count).